The molecule has 36 heavy (non-hydrogen) atoms. The van der Waals surface area contributed by atoms with Gasteiger partial charge in [0.25, 0.3) is 10.0 Å². The van der Waals surface area contributed by atoms with Crippen LogP contribution in [0, 0.1) is 5.82 Å². The second-order valence-electron chi connectivity index (χ2n) is 9.69. The maximum Gasteiger partial charge on any atom is 0.260 e. The summed E-state index contributed by atoms with van der Waals surface area (Å²) in [7, 11) is -3.78. The molecule has 0 amide bonds. The minimum Gasteiger partial charge on any atom is -0.492 e. The van der Waals surface area contributed by atoms with Crippen LogP contribution < -0.4 is 14.4 Å². The molecule has 0 aliphatic carbocycles. The van der Waals surface area contributed by atoms with Gasteiger partial charge in [-0.1, -0.05) is 30.3 Å². The molecular weight excluding hydrogens is 481 g/mol. The Bertz CT molecular complexity index is 1330. The van der Waals surface area contributed by atoms with Gasteiger partial charge >= 0.3 is 0 Å². The Morgan fingerprint density at radius 2 is 1.89 bits per heavy atom. The summed E-state index contributed by atoms with van der Waals surface area (Å²) in [6, 6.07) is 16.6. The highest BCUT2D eigenvalue weighted by Gasteiger charge is 2.39. The highest BCUT2D eigenvalue weighted by molar-refractivity contribution is 7.89. The smallest absolute Gasteiger partial charge is 0.260 e. The van der Waals surface area contributed by atoms with Crippen LogP contribution in [0.4, 0.5) is 10.1 Å². The third kappa shape index (κ3) is 4.44. The van der Waals surface area contributed by atoms with Gasteiger partial charge in [-0.05, 0) is 49.7 Å². The van der Waals surface area contributed by atoms with Gasteiger partial charge in [-0.15, -0.1) is 5.10 Å². The SMILES string of the molecule is O=S(=O)(NC1CN(c2cc3c(cc2F)OCC(N2CCC2)C3Cc2ccccc2)C1)c1cccnn1. The molecule has 2 aromatic carbocycles. The lowest BCUT2D eigenvalue weighted by Gasteiger charge is -2.46. The fraction of sp³-hybridized carbons (Fsp3) is 0.385. The minimum absolute atomic E-state index is 0.124. The molecule has 8 nitrogen and oxygen atoms in total. The zero-order valence-electron chi connectivity index (χ0n) is 19.8. The predicted octanol–water partition coefficient (Wildman–Crippen LogP) is 2.58. The zero-order chi connectivity index (χ0) is 24.7. The van der Waals surface area contributed by atoms with Crippen molar-refractivity contribution < 1.29 is 17.5 Å². The summed E-state index contributed by atoms with van der Waals surface area (Å²) in [6.45, 7) is 3.41. The van der Waals surface area contributed by atoms with E-state index in [-0.39, 0.29) is 28.8 Å². The van der Waals surface area contributed by atoms with Crippen LogP contribution in [0.3, 0.4) is 0 Å². The molecule has 0 radical (unpaired) electrons. The molecule has 3 aromatic rings. The maximum absolute atomic E-state index is 15.2. The molecule has 1 aromatic heterocycles. The molecule has 3 aliphatic heterocycles. The second kappa shape index (κ2) is 9.42. The molecule has 2 fully saturated rings. The number of anilines is 1. The van der Waals surface area contributed by atoms with Crippen LogP contribution in [0.2, 0.25) is 0 Å². The van der Waals surface area contributed by atoms with Gasteiger partial charge in [-0.2, -0.15) is 5.10 Å². The summed E-state index contributed by atoms with van der Waals surface area (Å²) in [5.74, 6) is 0.433. The fourth-order valence-corrected chi connectivity index (χ4v) is 6.44. The van der Waals surface area contributed by atoms with E-state index in [1.54, 1.807) is 0 Å². The van der Waals surface area contributed by atoms with Crippen LogP contribution in [0.25, 0.3) is 0 Å². The normalized spacial score (nSPS) is 22.3. The van der Waals surface area contributed by atoms with Crippen LogP contribution in [0.5, 0.6) is 5.75 Å². The van der Waals surface area contributed by atoms with Crippen molar-refractivity contribution in [3.8, 4) is 5.75 Å². The van der Waals surface area contributed by atoms with Crippen LogP contribution in [-0.2, 0) is 16.4 Å². The maximum atomic E-state index is 15.2. The van der Waals surface area contributed by atoms with E-state index in [0.717, 1.165) is 25.1 Å². The molecule has 10 heteroatoms. The van der Waals surface area contributed by atoms with Crippen molar-refractivity contribution >= 4 is 15.7 Å². The molecule has 4 heterocycles. The molecule has 0 saturated carbocycles. The van der Waals surface area contributed by atoms with Crippen molar-refractivity contribution in [3.63, 3.8) is 0 Å². The Morgan fingerprint density at radius 3 is 2.58 bits per heavy atom. The molecule has 6 rings (SSSR count). The van der Waals surface area contributed by atoms with Gasteiger partial charge < -0.3 is 9.64 Å². The number of hydrogen-bond acceptors (Lipinski definition) is 7. The largest absolute Gasteiger partial charge is 0.492 e. The Hall–Kier alpha value is -3.08. The van der Waals surface area contributed by atoms with Crippen LogP contribution in [0.15, 0.2) is 65.8 Å². The molecule has 2 unspecified atom stereocenters. The van der Waals surface area contributed by atoms with E-state index in [9.17, 15) is 8.42 Å². The van der Waals surface area contributed by atoms with Crippen molar-refractivity contribution in [3.05, 3.63) is 77.7 Å². The molecule has 0 bridgehead atoms. The first kappa shape index (κ1) is 23.3. The lowest BCUT2D eigenvalue weighted by molar-refractivity contribution is 0.0500. The van der Waals surface area contributed by atoms with Gasteiger partial charge in [-0.3, -0.25) is 4.90 Å². The molecular formula is C26H28FN5O3S. The number of likely N-dealkylation sites (tertiary alicyclic amines) is 1. The van der Waals surface area contributed by atoms with E-state index in [0.29, 0.717) is 31.1 Å². The standard InChI is InChI=1S/C26H28FN5O3S/c27-22-14-25-21(20(12-18-6-2-1-3-7-18)24(17-35-25)31-10-5-11-31)13-23(22)32-15-19(16-32)30-36(33,34)26-8-4-9-28-29-26/h1-4,6-9,13-14,19-20,24,30H,5,10-12,15-17H2. The zero-order valence-corrected chi connectivity index (χ0v) is 20.6. The number of benzene rings is 2. The van der Waals surface area contributed by atoms with Crippen LogP contribution in [0.1, 0.15) is 23.5 Å². The van der Waals surface area contributed by atoms with Crippen molar-refractivity contribution in [2.45, 2.75) is 35.9 Å². The van der Waals surface area contributed by atoms with Gasteiger partial charge in [0.15, 0.2) is 5.03 Å². The molecule has 188 valence electrons. The Labute approximate surface area is 210 Å². The van der Waals surface area contributed by atoms with E-state index < -0.39 is 10.0 Å². The Balaban J connectivity index is 1.23. The summed E-state index contributed by atoms with van der Waals surface area (Å²) in [6.07, 6.45) is 3.46. The number of ether oxygens (including phenoxy) is 1. The predicted molar refractivity (Wildman–Crippen MR) is 133 cm³/mol. The quantitative estimate of drug-likeness (QED) is 0.524. The average Bonchev–Trinajstić information content (AvgIpc) is 2.83. The van der Waals surface area contributed by atoms with Crippen molar-refractivity contribution in [2.75, 3.05) is 37.7 Å². The van der Waals surface area contributed by atoms with Crippen molar-refractivity contribution in [2.24, 2.45) is 0 Å². The van der Waals surface area contributed by atoms with Gasteiger partial charge in [-0.25, -0.2) is 17.5 Å². The summed E-state index contributed by atoms with van der Waals surface area (Å²) in [4.78, 5) is 4.33. The van der Waals surface area contributed by atoms with E-state index >= 15 is 4.39 Å². The molecule has 3 aliphatic rings. The Kier molecular flexibility index (Phi) is 6.10. The average molecular weight is 510 g/mol. The van der Waals surface area contributed by atoms with Crippen LogP contribution >= 0.6 is 0 Å². The minimum atomic E-state index is -3.78. The summed E-state index contributed by atoms with van der Waals surface area (Å²) >= 11 is 0. The first-order valence-corrected chi connectivity index (χ1v) is 13.8. The van der Waals surface area contributed by atoms with Crippen LogP contribution in [-0.4, -0.2) is 68.4 Å². The van der Waals surface area contributed by atoms with E-state index in [1.165, 1.54) is 36.4 Å². The summed E-state index contributed by atoms with van der Waals surface area (Å²) < 4.78 is 49.0. The van der Waals surface area contributed by atoms with Crippen molar-refractivity contribution in [1.29, 1.82) is 0 Å². The molecule has 2 saturated heterocycles. The molecule has 1 N–H and O–H groups in total. The third-order valence-electron chi connectivity index (χ3n) is 7.38. The highest BCUT2D eigenvalue weighted by Crippen LogP contribution is 2.43. The third-order valence-corrected chi connectivity index (χ3v) is 8.79. The lowest BCUT2D eigenvalue weighted by Crippen LogP contribution is -2.59. The van der Waals surface area contributed by atoms with E-state index in [4.69, 9.17) is 4.74 Å². The number of fused-ring (bicyclic) bond motifs is 1. The number of nitrogens with zero attached hydrogens (tertiary/aromatic N) is 4. The molecule has 2 atom stereocenters. The summed E-state index contributed by atoms with van der Waals surface area (Å²) in [5.41, 5.74) is 2.74. The first-order chi connectivity index (χ1) is 17.5. The second-order valence-corrected chi connectivity index (χ2v) is 11.4. The lowest BCUT2D eigenvalue weighted by atomic mass is 9.82. The fourth-order valence-electron chi connectivity index (χ4n) is 5.32. The first-order valence-electron chi connectivity index (χ1n) is 12.3. The Morgan fingerprint density at radius 1 is 1.08 bits per heavy atom. The number of rotatable bonds is 7. The van der Waals surface area contributed by atoms with E-state index in [2.05, 4.69) is 32.0 Å². The van der Waals surface area contributed by atoms with Gasteiger partial charge in [0.05, 0.1) is 17.8 Å². The number of hydrogen-bond donors (Lipinski definition) is 1. The summed E-state index contributed by atoms with van der Waals surface area (Å²) in [5, 5.41) is 7.20. The molecule has 0 spiro atoms. The highest BCUT2D eigenvalue weighted by atomic mass is 32.2. The number of aromatic nitrogens is 2. The topological polar surface area (TPSA) is 87.7 Å². The van der Waals surface area contributed by atoms with Gasteiger partial charge in [0.1, 0.15) is 18.2 Å². The number of halogens is 1. The van der Waals surface area contributed by atoms with Gasteiger partial charge in [0.2, 0.25) is 0 Å². The number of nitrogens with one attached hydrogen (secondary N) is 1. The van der Waals surface area contributed by atoms with E-state index in [1.807, 2.05) is 29.2 Å². The van der Waals surface area contributed by atoms with Crippen molar-refractivity contribution in [1.82, 2.24) is 19.8 Å². The monoisotopic (exact) mass is 509 g/mol. The van der Waals surface area contributed by atoms with Gasteiger partial charge in [0, 0.05) is 36.8 Å². The number of sulfonamides is 1.